The van der Waals surface area contributed by atoms with E-state index in [0.717, 1.165) is 41.6 Å². The standard InChI is InChI=1S/C20H24N2O3/c1-3-20(24)12-22-9-7-13(20)10-18(22)19(23)15-6-8-21-17-5-4-14(25-2)11-16(15)17/h3-6,8,11,13,18-19,23-24H,1,7,9-10,12H2,2H3/t13?,18-,19+,20?/m1/s1. The maximum atomic E-state index is 11.2. The lowest BCUT2D eigenvalue weighted by Gasteiger charge is -2.54. The van der Waals surface area contributed by atoms with Crippen LogP contribution in [0.4, 0.5) is 0 Å². The molecule has 0 spiro atoms. The molecular weight excluding hydrogens is 316 g/mol. The predicted octanol–water partition coefficient (Wildman–Crippen LogP) is 2.29. The van der Waals surface area contributed by atoms with Crippen molar-refractivity contribution in [1.29, 1.82) is 0 Å². The quantitative estimate of drug-likeness (QED) is 0.836. The van der Waals surface area contributed by atoms with E-state index in [2.05, 4.69) is 16.5 Å². The number of methoxy groups -OCH3 is 1. The highest BCUT2D eigenvalue weighted by atomic mass is 16.5. The van der Waals surface area contributed by atoms with Gasteiger partial charge in [0.1, 0.15) is 5.75 Å². The summed E-state index contributed by atoms with van der Waals surface area (Å²) in [4.78, 5) is 6.59. The second kappa shape index (κ2) is 6.09. The summed E-state index contributed by atoms with van der Waals surface area (Å²) in [6.45, 7) is 5.24. The minimum atomic E-state index is -0.835. The highest BCUT2D eigenvalue weighted by molar-refractivity contribution is 5.83. The van der Waals surface area contributed by atoms with Gasteiger partial charge in [0.25, 0.3) is 0 Å². The van der Waals surface area contributed by atoms with Crippen LogP contribution in [0.1, 0.15) is 24.5 Å². The van der Waals surface area contributed by atoms with Gasteiger partial charge in [0.2, 0.25) is 0 Å². The number of hydrogen-bond acceptors (Lipinski definition) is 5. The van der Waals surface area contributed by atoms with Gasteiger partial charge in [-0.15, -0.1) is 6.58 Å². The van der Waals surface area contributed by atoms with Gasteiger partial charge in [0, 0.05) is 24.2 Å². The van der Waals surface area contributed by atoms with Crippen LogP contribution in [0.2, 0.25) is 0 Å². The molecule has 2 aromatic rings. The molecule has 5 rings (SSSR count). The third-order valence-corrected chi connectivity index (χ3v) is 5.94. The minimum Gasteiger partial charge on any atom is -0.497 e. The second-order valence-electron chi connectivity index (χ2n) is 7.18. The molecule has 5 atom stereocenters. The van der Waals surface area contributed by atoms with E-state index in [9.17, 15) is 10.2 Å². The summed E-state index contributed by atoms with van der Waals surface area (Å²) in [5.41, 5.74) is 0.873. The average molecular weight is 340 g/mol. The maximum Gasteiger partial charge on any atom is 0.119 e. The molecule has 0 radical (unpaired) electrons. The maximum absolute atomic E-state index is 11.2. The van der Waals surface area contributed by atoms with Gasteiger partial charge in [-0.1, -0.05) is 6.08 Å². The number of ether oxygens (including phenoxy) is 1. The first kappa shape index (κ1) is 16.5. The van der Waals surface area contributed by atoms with Gasteiger partial charge in [-0.3, -0.25) is 9.88 Å². The molecule has 1 aromatic heterocycles. The lowest BCUT2D eigenvalue weighted by molar-refractivity contribution is -0.127. The fourth-order valence-corrected chi connectivity index (χ4v) is 4.45. The Morgan fingerprint density at radius 1 is 1.44 bits per heavy atom. The molecule has 0 amide bonds. The van der Waals surface area contributed by atoms with E-state index in [0.29, 0.717) is 6.54 Å². The molecule has 25 heavy (non-hydrogen) atoms. The number of pyridine rings is 1. The van der Waals surface area contributed by atoms with Crippen molar-refractivity contribution in [3.05, 3.63) is 48.7 Å². The summed E-state index contributed by atoms with van der Waals surface area (Å²) in [7, 11) is 1.63. The Hall–Kier alpha value is -1.95. The van der Waals surface area contributed by atoms with Crippen molar-refractivity contribution in [2.75, 3.05) is 20.2 Å². The normalized spacial score (nSPS) is 32.5. The third kappa shape index (κ3) is 2.63. The number of nitrogens with zero attached hydrogens (tertiary/aromatic N) is 2. The molecule has 3 aliphatic rings. The lowest BCUT2D eigenvalue weighted by atomic mass is 9.71. The van der Waals surface area contributed by atoms with Crippen molar-refractivity contribution < 1.29 is 14.9 Å². The Morgan fingerprint density at radius 3 is 2.96 bits per heavy atom. The van der Waals surface area contributed by atoms with Crippen LogP contribution < -0.4 is 4.74 Å². The van der Waals surface area contributed by atoms with Gasteiger partial charge in [-0.2, -0.15) is 0 Å². The summed E-state index contributed by atoms with van der Waals surface area (Å²) in [6, 6.07) is 7.60. The molecular formula is C20H24N2O3. The van der Waals surface area contributed by atoms with E-state index in [1.54, 1.807) is 19.4 Å². The molecule has 132 valence electrons. The zero-order valence-electron chi connectivity index (χ0n) is 14.4. The van der Waals surface area contributed by atoms with E-state index in [1.807, 2.05) is 24.3 Å². The van der Waals surface area contributed by atoms with Crippen molar-refractivity contribution in [3.63, 3.8) is 0 Å². The Labute approximate surface area is 147 Å². The third-order valence-electron chi connectivity index (χ3n) is 5.94. The number of hydrogen-bond donors (Lipinski definition) is 2. The number of aromatic nitrogens is 1. The van der Waals surface area contributed by atoms with Gasteiger partial charge in [-0.25, -0.2) is 0 Å². The molecule has 3 aliphatic heterocycles. The van der Waals surface area contributed by atoms with Crippen molar-refractivity contribution in [2.45, 2.75) is 30.6 Å². The fraction of sp³-hybridized carbons (Fsp3) is 0.450. The van der Waals surface area contributed by atoms with Gasteiger partial charge in [0.15, 0.2) is 0 Å². The summed E-state index contributed by atoms with van der Waals surface area (Å²) < 4.78 is 5.33. The van der Waals surface area contributed by atoms with Crippen LogP contribution in [0.5, 0.6) is 5.75 Å². The van der Waals surface area contributed by atoms with Crippen LogP contribution in [-0.4, -0.2) is 51.9 Å². The minimum absolute atomic E-state index is 0.00391. The van der Waals surface area contributed by atoms with E-state index < -0.39 is 11.7 Å². The summed E-state index contributed by atoms with van der Waals surface area (Å²) in [5, 5.41) is 22.8. The van der Waals surface area contributed by atoms with Crippen LogP contribution in [-0.2, 0) is 0 Å². The SMILES string of the molecule is C=CC1(O)CN2CCC1C[C@@H]2[C@@H](O)c1ccnc2ccc(OC)cc12. The highest BCUT2D eigenvalue weighted by Crippen LogP contribution is 2.44. The van der Waals surface area contributed by atoms with E-state index in [-0.39, 0.29) is 12.0 Å². The lowest BCUT2D eigenvalue weighted by Crippen LogP contribution is -2.63. The van der Waals surface area contributed by atoms with Crippen molar-refractivity contribution in [2.24, 2.45) is 5.92 Å². The molecule has 3 saturated heterocycles. The van der Waals surface area contributed by atoms with Crippen LogP contribution >= 0.6 is 0 Å². The van der Waals surface area contributed by atoms with Crippen LogP contribution in [0.3, 0.4) is 0 Å². The number of aliphatic hydroxyl groups excluding tert-OH is 1. The molecule has 0 saturated carbocycles. The number of piperidine rings is 3. The van der Waals surface area contributed by atoms with E-state index in [4.69, 9.17) is 4.74 Å². The second-order valence-corrected chi connectivity index (χ2v) is 7.18. The molecule has 0 aliphatic carbocycles. The van der Waals surface area contributed by atoms with Gasteiger partial charge in [-0.05, 0) is 55.1 Å². The number of fused-ring (bicyclic) bond motifs is 4. The van der Waals surface area contributed by atoms with E-state index in [1.165, 1.54) is 0 Å². The van der Waals surface area contributed by atoms with Gasteiger partial charge in [0.05, 0.1) is 24.3 Å². The molecule has 4 heterocycles. The average Bonchev–Trinajstić information content (AvgIpc) is 2.66. The Morgan fingerprint density at radius 2 is 2.28 bits per heavy atom. The first-order valence-electron chi connectivity index (χ1n) is 8.76. The van der Waals surface area contributed by atoms with Crippen LogP contribution in [0, 0.1) is 5.92 Å². The zero-order chi connectivity index (χ0) is 17.6. The monoisotopic (exact) mass is 340 g/mol. The molecule has 5 heteroatoms. The largest absolute Gasteiger partial charge is 0.497 e. The number of rotatable bonds is 4. The fourth-order valence-electron chi connectivity index (χ4n) is 4.45. The summed E-state index contributed by atoms with van der Waals surface area (Å²) in [5.74, 6) is 0.901. The Balaban J connectivity index is 1.69. The molecule has 2 N–H and O–H groups in total. The van der Waals surface area contributed by atoms with Gasteiger partial charge < -0.3 is 14.9 Å². The van der Waals surface area contributed by atoms with E-state index >= 15 is 0 Å². The van der Waals surface area contributed by atoms with Crippen LogP contribution in [0.15, 0.2) is 43.1 Å². The van der Waals surface area contributed by atoms with Gasteiger partial charge >= 0.3 is 0 Å². The number of benzene rings is 1. The van der Waals surface area contributed by atoms with Crippen molar-refractivity contribution in [3.8, 4) is 5.75 Å². The smallest absolute Gasteiger partial charge is 0.119 e. The molecule has 3 fully saturated rings. The first-order valence-corrected chi connectivity index (χ1v) is 8.76. The topological polar surface area (TPSA) is 65.8 Å². The first-order chi connectivity index (χ1) is 12.1. The number of aliphatic hydroxyl groups is 2. The zero-order valence-corrected chi connectivity index (χ0v) is 14.4. The Kier molecular flexibility index (Phi) is 4.02. The van der Waals surface area contributed by atoms with Crippen molar-refractivity contribution >= 4 is 10.9 Å². The molecule has 3 unspecified atom stereocenters. The van der Waals surface area contributed by atoms with Crippen molar-refractivity contribution in [1.82, 2.24) is 9.88 Å². The molecule has 5 nitrogen and oxygen atoms in total. The predicted molar refractivity (Wildman–Crippen MR) is 96.5 cm³/mol. The van der Waals surface area contributed by atoms with Crippen LogP contribution in [0.25, 0.3) is 10.9 Å². The Bertz CT molecular complexity index is 809. The summed E-state index contributed by atoms with van der Waals surface area (Å²) in [6.07, 6.45) is 4.48. The molecule has 2 bridgehead atoms. The highest BCUT2D eigenvalue weighted by Gasteiger charge is 2.49. The molecule has 1 aromatic carbocycles. The summed E-state index contributed by atoms with van der Waals surface area (Å²) >= 11 is 0.